The van der Waals surface area contributed by atoms with Crippen molar-refractivity contribution >= 4 is 27.3 Å². The maximum Gasteiger partial charge on any atom is 0.259 e. The molecule has 7 nitrogen and oxygen atoms in total. The lowest BCUT2D eigenvalue weighted by Crippen LogP contribution is -2.14. The van der Waals surface area contributed by atoms with Gasteiger partial charge in [0.2, 0.25) is 10.0 Å². The highest BCUT2D eigenvalue weighted by molar-refractivity contribution is 7.92. The molecule has 1 heterocycles. The molecule has 0 saturated heterocycles. The Labute approximate surface area is 164 Å². The number of benzene rings is 2. The molecular formula is C20H22N4O3S. The van der Waals surface area contributed by atoms with E-state index >= 15 is 0 Å². The summed E-state index contributed by atoms with van der Waals surface area (Å²) in [6.07, 6.45) is 3.29. The Hall–Kier alpha value is -3.13. The summed E-state index contributed by atoms with van der Waals surface area (Å²) in [4.78, 5) is 12.7. The Bertz CT molecular complexity index is 1090. The molecule has 0 atom stereocenters. The molecule has 2 N–H and O–H groups in total. The average molecular weight is 398 g/mol. The minimum atomic E-state index is -3.34. The first kappa shape index (κ1) is 19.6. The van der Waals surface area contributed by atoms with Crippen molar-refractivity contribution in [2.45, 2.75) is 20.3 Å². The summed E-state index contributed by atoms with van der Waals surface area (Å²) in [5.41, 5.74) is 4.37. The summed E-state index contributed by atoms with van der Waals surface area (Å²) in [5.74, 6) is -0.265. The minimum absolute atomic E-state index is 0.265. The highest BCUT2D eigenvalue weighted by atomic mass is 32.2. The van der Waals surface area contributed by atoms with Crippen LogP contribution in [0.3, 0.4) is 0 Å². The molecule has 0 aliphatic rings. The predicted octanol–water partition coefficient (Wildman–Crippen LogP) is 3.37. The molecule has 0 fully saturated rings. The molecule has 1 aromatic heterocycles. The van der Waals surface area contributed by atoms with Gasteiger partial charge in [-0.1, -0.05) is 24.6 Å². The molecule has 0 aliphatic heterocycles. The SMILES string of the molecule is CCc1c(C(=O)Nc2ccc(NS(C)(=O)=O)cc2)cnn1-c1ccc(C)cc1. The smallest absolute Gasteiger partial charge is 0.259 e. The third-order valence-electron chi connectivity index (χ3n) is 4.17. The van der Waals surface area contributed by atoms with Crippen LogP contribution < -0.4 is 10.0 Å². The standard InChI is InChI=1S/C20H22N4O3S/c1-4-19-18(13-21-24(19)17-11-5-14(2)6-12-17)20(25)22-15-7-9-16(10-8-15)23-28(3,26)27/h5-13,23H,4H2,1-3H3,(H,22,25). The quantitative estimate of drug-likeness (QED) is 0.666. The first-order valence-corrected chi connectivity index (χ1v) is 10.7. The van der Waals surface area contributed by atoms with E-state index in [1.807, 2.05) is 38.1 Å². The fourth-order valence-electron chi connectivity index (χ4n) is 2.85. The number of nitrogens with zero attached hydrogens (tertiary/aromatic N) is 2. The summed E-state index contributed by atoms with van der Waals surface area (Å²) in [6.45, 7) is 3.99. The molecule has 8 heteroatoms. The first-order chi connectivity index (χ1) is 13.3. The van der Waals surface area contributed by atoms with Gasteiger partial charge in [-0.25, -0.2) is 13.1 Å². The van der Waals surface area contributed by atoms with Gasteiger partial charge in [0.1, 0.15) is 0 Å². The second-order valence-corrected chi connectivity index (χ2v) is 8.26. The van der Waals surface area contributed by atoms with Crippen LogP contribution in [0.5, 0.6) is 0 Å². The summed E-state index contributed by atoms with van der Waals surface area (Å²) in [5, 5.41) is 7.21. The third kappa shape index (κ3) is 4.58. The summed E-state index contributed by atoms with van der Waals surface area (Å²) in [7, 11) is -3.34. The van der Waals surface area contributed by atoms with Crippen LogP contribution in [0.4, 0.5) is 11.4 Å². The number of hydrogen-bond acceptors (Lipinski definition) is 4. The first-order valence-electron chi connectivity index (χ1n) is 8.80. The fraction of sp³-hybridized carbons (Fsp3) is 0.200. The van der Waals surface area contributed by atoms with Crippen LogP contribution in [0.2, 0.25) is 0 Å². The summed E-state index contributed by atoms with van der Waals surface area (Å²) < 4.78 is 26.7. The van der Waals surface area contributed by atoms with Crippen molar-refractivity contribution < 1.29 is 13.2 Å². The summed E-state index contributed by atoms with van der Waals surface area (Å²) >= 11 is 0. The molecule has 0 unspecified atom stereocenters. The number of hydrogen-bond donors (Lipinski definition) is 2. The van der Waals surface area contributed by atoms with Crippen molar-refractivity contribution in [1.82, 2.24) is 9.78 Å². The largest absolute Gasteiger partial charge is 0.322 e. The van der Waals surface area contributed by atoms with Crippen molar-refractivity contribution in [2.24, 2.45) is 0 Å². The maximum absolute atomic E-state index is 12.7. The van der Waals surface area contributed by atoms with Crippen LogP contribution in [-0.4, -0.2) is 30.4 Å². The molecule has 3 aromatic rings. The number of aromatic nitrogens is 2. The number of carbonyl (C=O) groups excluding carboxylic acids is 1. The van der Waals surface area contributed by atoms with Crippen molar-refractivity contribution in [1.29, 1.82) is 0 Å². The van der Waals surface area contributed by atoms with Gasteiger partial charge in [-0.3, -0.25) is 9.52 Å². The molecule has 0 spiro atoms. The van der Waals surface area contributed by atoms with Crippen LogP contribution in [0, 0.1) is 6.92 Å². The van der Waals surface area contributed by atoms with E-state index in [1.54, 1.807) is 35.1 Å². The number of rotatable bonds is 6. The second-order valence-electron chi connectivity index (χ2n) is 6.51. The van der Waals surface area contributed by atoms with Gasteiger partial charge in [0.05, 0.1) is 29.4 Å². The third-order valence-corrected chi connectivity index (χ3v) is 4.78. The normalized spacial score (nSPS) is 11.2. The minimum Gasteiger partial charge on any atom is -0.322 e. The highest BCUT2D eigenvalue weighted by Gasteiger charge is 2.17. The molecule has 146 valence electrons. The number of amides is 1. The molecule has 0 bridgehead atoms. The van der Waals surface area contributed by atoms with E-state index in [2.05, 4.69) is 15.1 Å². The van der Waals surface area contributed by atoms with Gasteiger partial charge in [-0.2, -0.15) is 5.10 Å². The molecule has 1 amide bonds. The lowest BCUT2D eigenvalue weighted by molar-refractivity contribution is 0.102. The van der Waals surface area contributed by atoms with E-state index in [9.17, 15) is 13.2 Å². The van der Waals surface area contributed by atoms with Gasteiger partial charge in [0.25, 0.3) is 5.91 Å². The van der Waals surface area contributed by atoms with Crippen molar-refractivity contribution in [3.05, 3.63) is 71.5 Å². The lowest BCUT2D eigenvalue weighted by Gasteiger charge is -2.10. The van der Waals surface area contributed by atoms with Crippen LogP contribution in [0.25, 0.3) is 5.69 Å². The average Bonchev–Trinajstić information content (AvgIpc) is 3.07. The van der Waals surface area contributed by atoms with E-state index in [-0.39, 0.29) is 5.91 Å². The topological polar surface area (TPSA) is 93.1 Å². The monoisotopic (exact) mass is 398 g/mol. The Morgan fingerprint density at radius 1 is 1.04 bits per heavy atom. The molecule has 3 rings (SSSR count). The van der Waals surface area contributed by atoms with Gasteiger partial charge in [-0.15, -0.1) is 0 Å². The van der Waals surface area contributed by atoms with Crippen LogP contribution in [0.15, 0.2) is 54.7 Å². The van der Waals surface area contributed by atoms with Crippen LogP contribution in [0.1, 0.15) is 28.5 Å². The Kier molecular flexibility index (Phi) is 5.51. The summed E-state index contributed by atoms with van der Waals surface area (Å²) in [6, 6.07) is 14.4. The number of anilines is 2. The van der Waals surface area contributed by atoms with E-state index in [4.69, 9.17) is 0 Å². The van der Waals surface area contributed by atoms with Crippen molar-refractivity contribution in [2.75, 3.05) is 16.3 Å². The van der Waals surface area contributed by atoms with E-state index in [0.29, 0.717) is 23.4 Å². The fourth-order valence-corrected chi connectivity index (χ4v) is 3.41. The number of carbonyl (C=O) groups is 1. The number of sulfonamides is 1. The molecular weight excluding hydrogens is 376 g/mol. The molecule has 2 aromatic carbocycles. The Balaban J connectivity index is 1.80. The second kappa shape index (κ2) is 7.85. The zero-order valence-electron chi connectivity index (χ0n) is 15.9. The molecule has 0 saturated carbocycles. The van der Waals surface area contributed by atoms with E-state index < -0.39 is 10.0 Å². The van der Waals surface area contributed by atoms with Crippen molar-refractivity contribution in [3.8, 4) is 5.69 Å². The van der Waals surface area contributed by atoms with Crippen LogP contribution >= 0.6 is 0 Å². The van der Waals surface area contributed by atoms with Gasteiger partial charge in [0.15, 0.2) is 0 Å². The highest BCUT2D eigenvalue weighted by Crippen LogP contribution is 2.19. The number of nitrogens with one attached hydrogen (secondary N) is 2. The lowest BCUT2D eigenvalue weighted by atomic mass is 10.1. The molecule has 0 aliphatic carbocycles. The Morgan fingerprint density at radius 2 is 1.64 bits per heavy atom. The Morgan fingerprint density at radius 3 is 2.21 bits per heavy atom. The van der Waals surface area contributed by atoms with Gasteiger partial charge in [0, 0.05) is 11.4 Å². The maximum atomic E-state index is 12.7. The zero-order chi connectivity index (χ0) is 20.3. The van der Waals surface area contributed by atoms with E-state index in [0.717, 1.165) is 23.2 Å². The van der Waals surface area contributed by atoms with Crippen molar-refractivity contribution in [3.63, 3.8) is 0 Å². The number of aryl methyl sites for hydroxylation is 1. The van der Waals surface area contributed by atoms with Crippen LogP contribution in [-0.2, 0) is 16.4 Å². The van der Waals surface area contributed by atoms with Gasteiger partial charge >= 0.3 is 0 Å². The molecule has 0 radical (unpaired) electrons. The van der Waals surface area contributed by atoms with Gasteiger partial charge < -0.3 is 5.32 Å². The molecule has 28 heavy (non-hydrogen) atoms. The van der Waals surface area contributed by atoms with Gasteiger partial charge in [-0.05, 0) is 49.7 Å². The predicted molar refractivity (Wildman–Crippen MR) is 111 cm³/mol. The van der Waals surface area contributed by atoms with E-state index in [1.165, 1.54) is 0 Å². The zero-order valence-corrected chi connectivity index (χ0v) is 16.7.